The molecule has 1 aromatic heterocycles. The lowest BCUT2D eigenvalue weighted by atomic mass is 9.86. The minimum Gasteiger partial charge on any atom is -0.354 e. The maximum atomic E-state index is 13.1. The minimum absolute atomic E-state index is 0. The highest BCUT2D eigenvalue weighted by Crippen LogP contribution is 2.41. The maximum Gasteiger partial charge on any atom is 0.227 e. The molecule has 3 rings (SSSR count). The molecule has 2 unspecified atom stereocenters. The summed E-state index contributed by atoms with van der Waals surface area (Å²) in [6.45, 7) is 7.59. The summed E-state index contributed by atoms with van der Waals surface area (Å²) in [4.78, 5) is 28.8. The average molecular weight is 436 g/mol. The van der Waals surface area contributed by atoms with Gasteiger partial charge in [0, 0.05) is 29.6 Å². The second kappa shape index (κ2) is 10.8. The molecule has 2 amide bonds. The summed E-state index contributed by atoms with van der Waals surface area (Å²) in [6.07, 6.45) is 0.960. The molecular weight excluding hydrogens is 406 g/mol. The van der Waals surface area contributed by atoms with Crippen LogP contribution < -0.4 is 15.5 Å². The second-order valence-corrected chi connectivity index (χ2v) is 8.39. The van der Waals surface area contributed by atoms with Crippen molar-refractivity contribution >= 4 is 41.2 Å². The monoisotopic (exact) mass is 435 g/mol. The van der Waals surface area contributed by atoms with Crippen LogP contribution in [0.5, 0.6) is 0 Å². The Hall–Kier alpha value is -1.89. The lowest BCUT2D eigenvalue weighted by Gasteiger charge is -2.40. The first kappa shape index (κ1) is 23.4. The molecular formula is C22H30ClN3O2S. The first-order valence-electron chi connectivity index (χ1n) is 9.94. The topological polar surface area (TPSA) is 61.4 Å². The van der Waals surface area contributed by atoms with E-state index in [-0.39, 0.29) is 42.2 Å². The number of piperidine rings is 1. The number of rotatable bonds is 7. The van der Waals surface area contributed by atoms with Crippen LogP contribution in [0.1, 0.15) is 43.2 Å². The number of nitrogens with one attached hydrogen (secondary N) is 2. The number of carbonyl (C=O) groups excluding carboxylic acids is 2. The number of amides is 2. The summed E-state index contributed by atoms with van der Waals surface area (Å²) in [5.74, 6) is -0.161. The number of anilines is 1. The van der Waals surface area contributed by atoms with Gasteiger partial charge in [0.2, 0.25) is 11.8 Å². The third-order valence-electron chi connectivity index (χ3n) is 5.22. The van der Waals surface area contributed by atoms with Crippen LogP contribution in [0.25, 0.3) is 0 Å². The normalized spacial score (nSPS) is 20.1. The molecule has 1 fully saturated rings. The van der Waals surface area contributed by atoms with E-state index in [1.807, 2.05) is 53.6 Å². The van der Waals surface area contributed by atoms with Crippen molar-refractivity contribution in [1.29, 1.82) is 0 Å². The molecule has 158 valence electrons. The molecule has 29 heavy (non-hydrogen) atoms. The van der Waals surface area contributed by atoms with E-state index in [1.54, 1.807) is 11.3 Å². The third kappa shape index (κ3) is 5.59. The summed E-state index contributed by atoms with van der Waals surface area (Å²) in [5.41, 5.74) is 2.00. The molecule has 3 atom stereocenters. The number of likely N-dealkylation sites (N-methyl/N-ethyl adjacent to an activating group) is 1. The second-order valence-electron chi connectivity index (χ2n) is 7.41. The SMILES string of the molecule is CCN[C@H](C)CNC(=O)C1CCC(=O)N(c2ccc(C)cc2)C1c1cccs1.Cl. The number of halogens is 1. The minimum atomic E-state index is -0.265. The highest BCUT2D eigenvalue weighted by molar-refractivity contribution is 7.10. The van der Waals surface area contributed by atoms with Crippen molar-refractivity contribution in [1.82, 2.24) is 10.6 Å². The van der Waals surface area contributed by atoms with Gasteiger partial charge in [0.25, 0.3) is 0 Å². The van der Waals surface area contributed by atoms with Crippen molar-refractivity contribution in [3.63, 3.8) is 0 Å². The summed E-state index contributed by atoms with van der Waals surface area (Å²) < 4.78 is 0. The molecule has 1 saturated heterocycles. The molecule has 0 saturated carbocycles. The van der Waals surface area contributed by atoms with Crippen molar-refractivity contribution in [2.45, 2.75) is 45.7 Å². The Kier molecular flexibility index (Phi) is 8.68. The van der Waals surface area contributed by atoms with Gasteiger partial charge in [-0.2, -0.15) is 0 Å². The largest absolute Gasteiger partial charge is 0.354 e. The number of aryl methyl sites for hydroxylation is 1. The van der Waals surface area contributed by atoms with Gasteiger partial charge in [-0.25, -0.2) is 0 Å². The number of carbonyl (C=O) groups is 2. The zero-order chi connectivity index (χ0) is 20.1. The number of thiophene rings is 1. The van der Waals surface area contributed by atoms with Crippen molar-refractivity contribution in [3.8, 4) is 0 Å². The molecule has 2 aromatic rings. The van der Waals surface area contributed by atoms with Crippen molar-refractivity contribution in [2.75, 3.05) is 18.0 Å². The molecule has 1 aromatic carbocycles. The van der Waals surface area contributed by atoms with Gasteiger partial charge in [0.15, 0.2) is 0 Å². The number of hydrogen-bond acceptors (Lipinski definition) is 4. The Balaban J connectivity index is 0.00000300. The molecule has 7 heteroatoms. The summed E-state index contributed by atoms with van der Waals surface area (Å²) in [5, 5.41) is 8.41. The highest BCUT2D eigenvalue weighted by atomic mass is 35.5. The Bertz CT molecular complexity index is 795. The van der Waals surface area contributed by atoms with E-state index in [0.29, 0.717) is 19.4 Å². The summed E-state index contributed by atoms with van der Waals surface area (Å²) in [6, 6.07) is 11.9. The van der Waals surface area contributed by atoms with Crippen LogP contribution >= 0.6 is 23.7 Å². The number of hydrogen-bond donors (Lipinski definition) is 2. The highest BCUT2D eigenvalue weighted by Gasteiger charge is 2.41. The molecule has 0 radical (unpaired) electrons. The van der Waals surface area contributed by atoms with Gasteiger partial charge >= 0.3 is 0 Å². The van der Waals surface area contributed by atoms with Crippen LogP contribution in [0.15, 0.2) is 41.8 Å². The first-order chi connectivity index (χ1) is 13.5. The van der Waals surface area contributed by atoms with Gasteiger partial charge < -0.3 is 15.5 Å². The predicted molar refractivity (Wildman–Crippen MR) is 122 cm³/mol. The molecule has 5 nitrogen and oxygen atoms in total. The Morgan fingerprint density at radius 3 is 2.62 bits per heavy atom. The standard InChI is InChI=1S/C22H29N3O2S.ClH/c1-4-23-16(3)14-24-22(27)18-11-12-20(26)25(17-9-7-15(2)8-10-17)21(18)19-6-5-13-28-19;/h5-10,13,16,18,21,23H,4,11-12,14H2,1-3H3,(H,24,27);1H/t16-,18?,21?;/m1./s1. The molecule has 2 N–H and O–H groups in total. The molecule has 2 heterocycles. The number of benzene rings is 1. The van der Waals surface area contributed by atoms with E-state index in [2.05, 4.69) is 24.5 Å². The number of nitrogens with zero attached hydrogens (tertiary/aromatic N) is 1. The Labute approximate surface area is 183 Å². The molecule has 0 aliphatic carbocycles. The van der Waals surface area contributed by atoms with E-state index >= 15 is 0 Å². The van der Waals surface area contributed by atoms with Gasteiger partial charge in [-0.15, -0.1) is 23.7 Å². The Morgan fingerprint density at radius 2 is 2.00 bits per heavy atom. The van der Waals surface area contributed by atoms with Gasteiger partial charge in [-0.1, -0.05) is 30.7 Å². The fraction of sp³-hybridized carbons (Fsp3) is 0.455. The van der Waals surface area contributed by atoms with Crippen LogP contribution in [-0.2, 0) is 9.59 Å². The molecule has 0 bridgehead atoms. The van der Waals surface area contributed by atoms with Crippen molar-refractivity contribution in [3.05, 3.63) is 52.2 Å². The van der Waals surface area contributed by atoms with Gasteiger partial charge in [0.05, 0.1) is 12.0 Å². The lowest BCUT2D eigenvalue weighted by Crippen LogP contribution is -2.49. The van der Waals surface area contributed by atoms with Crippen LogP contribution in [0.2, 0.25) is 0 Å². The quantitative estimate of drug-likeness (QED) is 0.688. The first-order valence-corrected chi connectivity index (χ1v) is 10.8. The van der Waals surface area contributed by atoms with E-state index in [0.717, 1.165) is 22.7 Å². The van der Waals surface area contributed by atoms with Gasteiger partial charge in [0.1, 0.15) is 0 Å². The van der Waals surface area contributed by atoms with Gasteiger partial charge in [-0.05, 0) is 50.4 Å². The summed E-state index contributed by atoms with van der Waals surface area (Å²) in [7, 11) is 0. The smallest absolute Gasteiger partial charge is 0.227 e. The van der Waals surface area contributed by atoms with E-state index in [4.69, 9.17) is 0 Å². The third-order valence-corrected chi connectivity index (χ3v) is 6.16. The van der Waals surface area contributed by atoms with Crippen molar-refractivity contribution in [2.24, 2.45) is 5.92 Å². The van der Waals surface area contributed by atoms with Crippen molar-refractivity contribution < 1.29 is 9.59 Å². The zero-order valence-electron chi connectivity index (χ0n) is 17.2. The Morgan fingerprint density at radius 1 is 1.28 bits per heavy atom. The fourth-order valence-corrected chi connectivity index (χ4v) is 4.65. The summed E-state index contributed by atoms with van der Waals surface area (Å²) >= 11 is 1.60. The van der Waals surface area contributed by atoms with E-state index in [1.165, 1.54) is 0 Å². The fourth-order valence-electron chi connectivity index (χ4n) is 3.77. The van der Waals surface area contributed by atoms with Crippen LogP contribution in [0.4, 0.5) is 5.69 Å². The molecule has 1 aliphatic rings. The lowest BCUT2D eigenvalue weighted by molar-refractivity contribution is -0.129. The average Bonchev–Trinajstić information content (AvgIpc) is 3.21. The van der Waals surface area contributed by atoms with Crippen LogP contribution in [0, 0.1) is 12.8 Å². The molecule has 1 aliphatic heterocycles. The van der Waals surface area contributed by atoms with Gasteiger partial charge in [-0.3, -0.25) is 9.59 Å². The zero-order valence-corrected chi connectivity index (χ0v) is 18.8. The maximum absolute atomic E-state index is 13.1. The predicted octanol–water partition coefficient (Wildman–Crippen LogP) is 4.08. The van der Waals surface area contributed by atoms with E-state index in [9.17, 15) is 9.59 Å². The van der Waals surface area contributed by atoms with Crippen LogP contribution in [-0.4, -0.2) is 30.9 Å². The molecule has 0 spiro atoms. The van der Waals surface area contributed by atoms with Crippen LogP contribution in [0.3, 0.4) is 0 Å². The van der Waals surface area contributed by atoms with E-state index < -0.39 is 0 Å².